The van der Waals surface area contributed by atoms with Crippen LogP contribution in [-0.4, -0.2) is 20.9 Å². The molecule has 0 aromatic heterocycles. The smallest absolute Gasteiger partial charge is 0.258 e. The van der Waals surface area contributed by atoms with Gasteiger partial charge in [0, 0.05) is 11.6 Å². The molecule has 0 radical (unpaired) electrons. The fourth-order valence-corrected chi connectivity index (χ4v) is 4.30. The predicted octanol–water partition coefficient (Wildman–Crippen LogP) is 4.38. The largest absolute Gasteiger partial charge is 0.484 e. The maximum atomic E-state index is 12.6. The first-order chi connectivity index (χ1) is 15.2. The number of carbonyl (C=O) groups excluding carboxylic acids is 1. The number of nitrogens with one attached hydrogen (secondary N) is 2. The molecule has 0 unspecified atom stereocenters. The molecule has 2 N–H and O–H groups in total. The number of aryl methyl sites for hydroxylation is 1. The van der Waals surface area contributed by atoms with Crippen molar-refractivity contribution in [1.82, 2.24) is 10.0 Å². The van der Waals surface area contributed by atoms with E-state index in [1.807, 2.05) is 49.4 Å². The number of hydrogen-bond acceptors (Lipinski definition) is 4. The van der Waals surface area contributed by atoms with Crippen LogP contribution in [-0.2, 0) is 21.4 Å². The Morgan fingerprint density at radius 1 is 1.03 bits per heavy atom. The topological polar surface area (TPSA) is 84.5 Å². The highest BCUT2D eigenvalue weighted by Crippen LogP contribution is 2.22. The zero-order chi connectivity index (χ0) is 23.1. The molecule has 0 aliphatic heterocycles. The molecule has 0 aliphatic carbocycles. The van der Waals surface area contributed by atoms with Gasteiger partial charge in [-0.15, -0.1) is 0 Å². The van der Waals surface area contributed by atoms with Crippen LogP contribution < -0.4 is 14.8 Å². The normalized spacial score (nSPS) is 12.2. The van der Waals surface area contributed by atoms with Crippen molar-refractivity contribution in [3.8, 4) is 5.75 Å². The molecular weight excluding hydrogens is 448 g/mol. The molecule has 1 atom stereocenters. The number of amides is 1. The average molecular weight is 473 g/mol. The molecule has 0 fully saturated rings. The molecule has 3 aromatic carbocycles. The minimum Gasteiger partial charge on any atom is -0.484 e. The number of ether oxygens (including phenoxy) is 1. The standard InChI is InChI=1S/C24H25ClN2O4S/c1-17-14-22(32(29,30)26-15-19-6-4-3-5-7-19)12-13-23(17)31-16-24(28)27-18(2)20-8-10-21(25)11-9-20/h3-14,18,26H,15-16H2,1-2H3,(H,27,28)/t18-/m0/s1. The van der Waals surface area contributed by atoms with Gasteiger partial charge in [-0.2, -0.15) is 0 Å². The number of rotatable bonds is 9. The first-order valence-electron chi connectivity index (χ1n) is 10.1. The van der Waals surface area contributed by atoms with Crippen molar-refractivity contribution in [3.63, 3.8) is 0 Å². The van der Waals surface area contributed by atoms with Crippen LogP contribution in [0.5, 0.6) is 5.75 Å². The van der Waals surface area contributed by atoms with Gasteiger partial charge in [0.15, 0.2) is 6.61 Å². The van der Waals surface area contributed by atoms with Crippen molar-refractivity contribution < 1.29 is 17.9 Å². The summed E-state index contributed by atoms with van der Waals surface area (Å²) in [5.74, 6) is 0.161. The van der Waals surface area contributed by atoms with Gasteiger partial charge in [-0.1, -0.05) is 54.1 Å². The maximum absolute atomic E-state index is 12.6. The summed E-state index contributed by atoms with van der Waals surface area (Å²) >= 11 is 5.89. The number of carbonyl (C=O) groups is 1. The fraction of sp³-hybridized carbons (Fsp3) is 0.208. The number of halogens is 1. The number of benzene rings is 3. The van der Waals surface area contributed by atoms with Gasteiger partial charge < -0.3 is 10.1 Å². The molecule has 0 spiro atoms. The molecule has 3 aromatic rings. The van der Waals surface area contributed by atoms with Crippen molar-refractivity contribution in [2.45, 2.75) is 31.3 Å². The van der Waals surface area contributed by atoms with Gasteiger partial charge in [0.1, 0.15) is 5.75 Å². The first-order valence-corrected chi connectivity index (χ1v) is 11.9. The second-order valence-corrected chi connectivity index (χ2v) is 9.57. The van der Waals surface area contributed by atoms with Gasteiger partial charge in [-0.25, -0.2) is 13.1 Å². The van der Waals surface area contributed by atoms with Gasteiger partial charge in [-0.3, -0.25) is 4.79 Å². The van der Waals surface area contributed by atoms with E-state index in [1.165, 1.54) is 12.1 Å². The number of hydrogen-bond donors (Lipinski definition) is 2. The molecule has 0 bridgehead atoms. The second kappa shape index (κ2) is 10.6. The average Bonchev–Trinajstić information content (AvgIpc) is 2.78. The summed E-state index contributed by atoms with van der Waals surface area (Å²) in [4.78, 5) is 12.4. The van der Waals surface area contributed by atoms with Crippen LogP contribution in [0.4, 0.5) is 0 Å². The molecular formula is C24H25ClN2O4S. The molecule has 0 saturated heterocycles. The summed E-state index contributed by atoms with van der Waals surface area (Å²) in [6, 6.07) is 20.9. The fourth-order valence-electron chi connectivity index (χ4n) is 3.07. The van der Waals surface area contributed by atoms with Crippen LogP contribution in [0.3, 0.4) is 0 Å². The monoisotopic (exact) mass is 472 g/mol. The minimum atomic E-state index is -3.67. The maximum Gasteiger partial charge on any atom is 0.258 e. The van der Waals surface area contributed by atoms with Gasteiger partial charge >= 0.3 is 0 Å². The molecule has 0 aliphatic rings. The SMILES string of the molecule is Cc1cc(S(=O)(=O)NCc2ccccc2)ccc1OCC(=O)N[C@@H](C)c1ccc(Cl)cc1. The Morgan fingerprint density at radius 3 is 2.38 bits per heavy atom. The first kappa shape index (κ1) is 23.8. The van der Waals surface area contributed by atoms with Crippen molar-refractivity contribution in [2.24, 2.45) is 0 Å². The summed E-state index contributed by atoms with van der Waals surface area (Å²) < 4.78 is 33.4. The van der Waals surface area contributed by atoms with Crippen LogP contribution in [0.2, 0.25) is 5.02 Å². The Morgan fingerprint density at radius 2 is 1.72 bits per heavy atom. The van der Waals surface area contributed by atoms with Crippen LogP contribution in [0, 0.1) is 6.92 Å². The summed E-state index contributed by atoms with van der Waals surface area (Å²) in [6.07, 6.45) is 0. The lowest BCUT2D eigenvalue weighted by Gasteiger charge is -2.16. The highest BCUT2D eigenvalue weighted by molar-refractivity contribution is 7.89. The van der Waals surface area contributed by atoms with Gasteiger partial charge in [0.25, 0.3) is 5.91 Å². The van der Waals surface area contributed by atoms with E-state index in [4.69, 9.17) is 16.3 Å². The molecule has 32 heavy (non-hydrogen) atoms. The van der Waals surface area contributed by atoms with Gasteiger partial charge in [0.05, 0.1) is 10.9 Å². The van der Waals surface area contributed by atoms with Crippen LogP contribution in [0.25, 0.3) is 0 Å². The Bertz CT molecular complexity index is 1170. The lowest BCUT2D eigenvalue weighted by Crippen LogP contribution is -2.31. The lowest BCUT2D eigenvalue weighted by atomic mass is 10.1. The Kier molecular flexibility index (Phi) is 7.90. The molecule has 0 heterocycles. The van der Waals surface area contributed by atoms with Gasteiger partial charge in [0.2, 0.25) is 10.0 Å². The molecule has 168 valence electrons. The Labute approximate surface area is 193 Å². The molecule has 3 rings (SSSR count). The van der Waals surface area contributed by atoms with E-state index in [-0.39, 0.29) is 30.0 Å². The molecule has 0 saturated carbocycles. The van der Waals surface area contributed by atoms with Crippen molar-refractivity contribution in [3.05, 3.63) is 94.5 Å². The summed E-state index contributed by atoms with van der Waals surface area (Å²) in [5, 5.41) is 3.49. The quantitative estimate of drug-likeness (QED) is 0.484. The zero-order valence-electron chi connectivity index (χ0n) is 17.8. The van der Waals surface area contributed by atoms with Crippen molar-refractivity contribution in [1.29, 1.82) is 0 Å². The van der Waals surface area contributed by atoms with Crippen molar-refractivity contribution in [2.75, 3.05) is 6.61 Å². The third-order valence-electron chi connectivity index (χ3n) is 4.87. The van der Waals surface area contributed by atoms with E-state index in [0.29, 0.717) is 16.3 Å². The molecule has 1 amide bonds. The van der Waals surface area contributed by atoms with E-state index < -0.39 is 10.0 Å². The number of sulfonamides is 1. The van der Waals surface area contributed by atoms with Crippen molar-refractivity contribution >= 4 is 27.5 Å². The molecule has 6 nitrogen and oxygen atoms in total. The summed E-state index contributed by atoms with van der Waals surface area (Å²) in [6.45, 7) is 3.62. The highest BCUT2D eigenvalue weighted by Gasteiger charge is 2.16. The lowest BCUT2D eigenvalue weighted by molar-refractivity contribution is -0.123. The van der Waals surface area contributed by atoms with E-state index >= 15 is 0 Å². The summed E-state index contributed by atoms with van der Waals surface area (Å²) in [5.41, 5.74) is 2.41. The van der Waals surface area contributed by atoms with Crippen LogP contribution in [0.1, 0.15) is 29.7 Å². The highest BCUT2D eigenvalue weighted by atomic mass is 35.5. The van der Waals surface area contributed by atoms with Crippen LogP contribution in [0.15, 0.2) is 77.7 Å². The predicted molar refractivity (Wildman–Crippen MR) is 125 cm³/mol. The van der Waals surface area contributed by atoms with Gasteiger partial charge in [-0.05, 0) is 60.9 Å². The Hall–Kier alpha value is -2.87. The Balaban J connectivity index is 1.56. The zero-order valence-corrected chi connectivity index (χ0v) is 19.4. The van der Waals surface area contributed by atoms with E-state index in [9.17, 15) is 13.2 Å². The third kappa shape index (κ3) is 6.56. The van der Waals surface area contributed by atoms with E-state index in [0.717, 1.165) is 11.1 Å². The summed E-state index contributed by atoms with van der Waals surface area (Å²) in [7, 11) is -3.67. The minimum absolute atomic E-state index is 0.138. The van der Waals surface area contributed by atoms with Crippen LogP contribution >= 0.6 is 11.6 Å². The third-order valence-corrected chi connectivity index (χ3v) is 6.52. The molecule has 8 heteroatoms. The van der Waals surface area contributed by atoms with E-state index in [1.54, 1.807) is 25.1 Å². The van der Waals surface area contributed by atoms with E-state index in [2.05, 4.69) is 10.0 Å². The second-order valence-electron chi connectivity index (χ2n) is 7.37.